The van der Waals surface area contributed by atoms with Gasteiger partial charge in [0.2, 0.25) is 0 Å². The highest BCUT2D eigenvalue weighted by molar-refractivity contribution is 6.04. The molecule has 2 aromatic rings. The van der Waals surface area contributed by atoms with E-state index in [4.69, 9.17) is 4.74 Å². The number of nitrogens with zero attached hydrogens (tertiary/aromatic N) is 1. The van der Waals surface area contributed by atoms with Gasteiger partial charge in [-0.05, 0) is 56.1 Å². The third-order valence-electron chi connectivity index (χ3n) is 7.58. The molecule has 186 valence electrons. The topological polar surface area (TPSA) is 98.5 Å². The zero-order valence-electron chi connectivity index (χ0n) is 20.4. The van der Waals surface area contributed by atoms with E-state index >= 15 is 0 Å². The molecule has 1 heterocycles. The molecule has 0 bridgehead atoms. The lowest BCUT2D eigenvalue weighted by Gasteiger charge is -2.37. The van der Waals surface area contributed by atoms with Gasteiger partial charge in [0.1, 0.15) is 6.10 Å². The number of dihydropyridines is 1. The summed E-state index contributed by atoms with van der Waals surface area (Å²) in [4.78, 5) is 38.0. The third kappa shape index (κ3) is 4.70. The number of carbonyl (C=O) groups is 2. The standard InChI is InChI=1S/C29H30N2O5/c1-18-26(29(33)36-23-10-6-3-7-11-23)27(20-12-14-22(15-13-20)31(34)35)28-24(30-18)16-21(17-25(28)32)19-8-4-2-5-9-19/h2,4-5,8-9,12-15,21,23,27,30H,3,6-7,10-11,16-17H2,1H3/t21-,27+/m1/s1. The highest BCUT2D eigenvalue weighted by atomic mass is 16.6. The number of ketones is 1. The van der Waals surface area contributed by atoms with Gasteiger partial charge < -0.3 is 10.1 Å². The number of non-ortho nitro benzene ring substituents is 1. The number of nitro benzene ring substituents is 1. The molecular formula is C29H30N2O5. The summed E-state index contributed by atoms with van der Waals surface area (Å²) in [7, 11) is 0. The van der Waals surface area contributed by atoms with Crippen molar-refractivity contribution >= 4 is 17.4 Å². The van der Waals surface area contributed by atoms with Crippen molar-refractivity contribution in [2.24, 2.45) is 0 Å². The van der Waals surface area contributed by atoms with E-state index in [0.717, 1.165) is 43.4 Å². The van der Waals surface area contributed by atoms with Crippen molar-refractivity contribution in [1.29, 1.82) is 0 Å². The lowest BCUT2D eigenvalue weighted by Crippen LogP contribution is -2.37. The summed E-state index contributed by atoms with van der Waals surface area (Å²) in [6.07, 6.45) is 5.79. The Labute approximate surface area is 210 Å². The molecule has 1 N–H and O–H groups in total. The Kier molecular flexibility index (Phi) is 6.72. The Morgan fingerprint density at radius 1 is 0.972 bits per heavy atom. The Morgan fingerprint density at radius 2 is 1.67 bits per heavy atom. The van der Waals surface area contributed by atoms with E-state index in [-0.39, 0.29) is 23.5 Å². The fourth-order valence-corrected chi connectivity index (χ4v) is 5.79. The van der Waals surface area contributed by atoms with Crippen molar-refractivity contribution in [3.05, 3.63) is 98.4 Å². The molecule has 36 heavy (non-hydrogen) atoms. The number of esters is 1. The predicted molar refractivity (Wildman–Crippen MR) is 135 cm³/mol. The summed E-state index contributed by atoms with van der Waals surface area (Å²) < 4.78 is 5.94. The maximum Gasteiger partial charge on any atom is 0.337 e. The number of ether oxygens (including phenoxy) is 1. The molecule has 2 aromatic carbocycles. The van der Waals surface area contributed by atoms with E-state index in [1.54, 1.807) is 12.1 Å². The van der Waals surface area contributed by atoms with Crippen LogP contribution in [-0.4, -0.2) is 22.8 Å². The summed E-state index contributed by atoms with van der Waals surface area (Å²) in [6.45, 7) is 1.84. The number of allylic oxidation sites excluding steroid dienone is 3. The van der Waals surface area contributed by atoms with Crippen LogP contribution in [0.25, 0.3) is 0 Å². The first-order valence-electron chi connectivity index (χ1n) is 12.7. The van der Waals surface area contributed by atoms with Crippen LogP contribution in [0.4, 0.5) is 5.69 Å². The number of hydrogen-bond donors (Lipinski definition) is 1. The Morgan fingerprint density at radius 3 is 2.33 bits per heavy atom. The molecular weight excluding hydrogens is 456 g/mol. The number of rotatable bonds is 5. The molecule has 2 aliphatic carbocycles. The number of Topliss-reactive ketones (excluding diaryl/α,β-unsaturated/α-hetero) is 1. The lowest BCUT2D eigenvalue weighted by atomic mass is 9.71. The Balaban J connectivity index is 1.53. The summed E-state index contributed by atoms with van der Waals surface area (Å²) >= 11 is 0. The van der Waals surface area contributed by atoms with Gasteiger partial charge in [0.15, 0.2) is 5.78 Å². The average Bonchev–Trinajstić information content (AvgIpc) is 2.89. The largest absolute Gasteiger partial charge is 0.459 e. The zero-order valence-corrected chi connectivity index (χ0v) is 20.4. The molecule has 0 amide bonds. The minimum Gasteiger partial charge on any atom is -0.459 e. The van der Waals surface area contributed by atoms with Gasteiger partial charge in [0.05, 0.1) is 10.5 Å². The fraction of sp³-hybridized carbons (Fsp3) is 0.379. The number of benzene rings is 2. The molecule has 5 rings (SSSR count). The van der Waals surface area contributed by atoms with Crippen molar-refractivity contribution < 1.29 is 19.2 Å². The van der Waals surface area contributed by atoms with Gasteiger partial charge in [0.25, 0.3) is 5.69 Å². The van der Waals surface area contributed by atoms with Crippen LogP contribution in [0, 0.1) is 10.1 Å². The number of nitrogens with one attached hydrogen (secondary N) is 1. The number of carbonyl (C=O) groups excluding carboxylic acids is 2. The molecule has 0 unspecified atom stereocenters. The minimum absolute atomic E-state index is 0.0172. The fourth-order valence-electron chi connectivity index (χ4n) is 5.79. The average molecular weight is 487 g/mol. The predicted octanol–water partition coefficient (Wildman–Crippen LogP) is 5.83. The SMILES string of the molecule is CC1=C(C(=O)OC2CCCCC2)[C@H](c2ccc([N+](=O)[O-])cc2)C2=C(C[C@@H](c3ccccc3)CC2=O)N1. The second-order valence-electron chi connectivity index (χ2n) is 9.94. The van der Waals surface area contributed by atoms with Gasteiger partial charge in [-0.25, -0.2) is 4.79 Å². The van der Waals surface area contributed by atoms with Crippen LogP contribution in [0.15, 0.2) is 77.1 Å². The van der Waals surface area contributed by atoms with Gasteiger partial charge >= 0.3 is 5.97 Å². The monoisotopic (exact) mass is 486 g/mol. The zero-order chi connectivity index (χ0) is 25.2. The molecule has 7 heteroatoms. The third-order valence-corrected chi connectivity index (χ3v) is 7.58. The molecule has 0 saturated heterocycles. The summed E-state index contributed by atoms with van der Waals surface area (Å²) in [5.74, 6) is -1.01. The summed E-state index contributed by atoms with van der Waals surface area (Å²) in [5, 5.41) is 14.6. The first kappa shape index (κ1) is 24.0. The maximum absolute atomic E-state index is 13.7. The molecule has 1 saturated carbocycles. The normalized spacial score (nSPS) is 22.6. The van der Waals surface area contributed by atoms with E-state index < -0.39 is 16.8 Å². The summed E-state index contributed by atoms with van der Waals surface area (Å²) in [5.41, 5.74) is 4.21. The van der Waals surface area contributed by atoms with E-state index in [0.29, 0.717) is 35.2 Å². The first-order valence-corrected chi connectivity index (χ1v) is 12.7. The number of hydrogen-bond acceptors (Lipinski definition) is 6. The molecule has 1 aliphatic heterocycles. The minimum atomic E-state index is -0.623. The Hall–Kier alpha value is -3.74. The van der Waals surface area contributed by atoms with Gasteiger partial charge in [-0.15, -0.1) is 0 Å². The number of nitro groups is 1. The second kappa shape index (κ2) is 10.1. The molecule has 1 fully saturated rings. The quantitative estimate of drug-likeness (QED) is 0.324. The summed E-state index contributed by atoms with van der Waals surface area (Å²) in [6, 6.07) is 16.1. The van der Waals surface area contributed by atoms with Crippen molar-refractivity contribution in [2.75, 3.05) is 0 Å². The van der Waals surface area contributed by atoms with Gasteiger partial charge in [-0.2, -0.15) is 0 Å². The van der Waals surface area contributed by atoms with Crippen LogP contribution in [0.5, 0.6) is 0 Å². The van der Waals surface area contributed by atoms with Gasteiger partial charge in [-0.1, -0.05) is 48.9 Å². The van der Waals surface area contributed by atoms with Crippen molar-refractivity contribution in [2.45, 2.75) is 69.8 Å². The van der Waals surface area contributed by atoms with E-state index in [2.05, 4.69) is 5.32 Å². The smallest absolute Gasteiger partial charge is 0.337 e. The Bertz CT molecular complexity index is 1240. The molecule has 0 aromatic heterocycles. The van der Waals surface area contributed by atoms with Crippen LogP contribution in [0.1, 0.15) is 74.8 Å². The van der Waals surface area contributed by atoms with Crippen LogP contribution in [0.3, 0.4) is 0 Å². The van der Waals surface area contributed by atoms with Gasteiger partial charge in [-0.3, -0.25) is 14.9 Å². The van der Waals surface area contributed by atoms with Crippen molar-refractivity contribution in [3.63, 3.8) is 0 Å². The van der Waals surface area contributed by atoms with Crippen molar-refractivity contribution in [3.8, 4) is 0 Å². The van der Waals surface area contributed by atoms with Crippen LogP contribution in [0.2, 0.25) is 0 Å². The molecule has 3 aliphatic rings. The maximum atomic E-state index is 13.7. The van der Waals surface area contributed by atoms with Crippen LogP contribution in [-0.2, 0) is 14.3 Å². The molecule has 0 radical (unpaired) electrons. The van der Waals surface area contributed by atoms with Crippen molar-refractivity contribution in [1.82, 2.24) is 5.32 Å². The molecule has 0 spiro atoms. The lowest BCUT2D eigenvalue weighted by molar-refractivity contribution is -0.384. The van der Waals surface area contributed by atoms with Crippen LogP contribution < -0.4 is 5.32 Å². The van der Waals surface area contributed by atoms with Crippen LogP contribution >= 0.6 is 0 Å². The molecule has 7 nitrogen and oxygen atoms in total. The van der Waals surface area contributed by atoms with E-state index in [1.807, 2.05) is 37.3 Å². The first-order chi connectivity index (χ1) is 17.4. The highest BCUT2D eigenvalue weighted by Crippen LogP contribution is 2.46. The second-order valence-corrected chi connectivity index (χ2v) is 9.94. The van der Waals surface area contributed by atoms with E-state index in [1.165, 1.54) is 12.1 Å². The molecule has 2 atom stereocenters. The highest BCUT2D eigenvalue weighted by Gasteiger charge is 2.42. The van der Waals surface area contributed by atoms with E-state index in [9.17, 15) is 19.7 Å². The van der Waals surface area contributed by atoms with Gasteiger partial charge in [0, 0.05) is 41.4 Å².